The lowest BCUT2D eigenvalue weighted by Crippen LogP contribution is -2.43. The first kappa shape index (κ1) is 12.2. The molecule has 0 bridgehead atoms. The molecule has 0 saturated carbocycles. The van der Waals surface area contributed by atoms with E-state index in [9.17, 15) is 0 Å². The predicted molar refractivity (Wildman–Crippen MR) is 80.6 cm³/mol. The van der Waals surface area contributed by atoms with Gasteiger partial charge in [-0.1, -0.05) is 12.1 Å². The minimum Gasteiger partial charge on any atom is -0.342 e. The SMILES string of the molecule is c1ccc2[nH]c(N3CCC(C4CCNN4)CC3)nc2c1. The van der Waals surface area contributed by atoms with Crippen molar-refractivity contribution in [2.45, 2.75) is 25.3 Å². The van der Waals surface area contributed by atoms with Gasteiger partial charge in [0.2, 0.25) is 5.95 Å². The zero-order chi connectivity index (χ0) is 13.4. The predicted octanol–water partition coefficient (Wildman–Crippen LogP) is 1.65. The Balaban J connectivity index is 1.45. The van der Waals surface area contributed by atoms with Crippen LogP contribution in [0.15, 0.2) is 24.3 Å². The van der Waals surface area contributed by atoms with Gasteiger partial charge in [0, 0.05) is 25.7 Å². The molecule has 1 aromatic carbocycles. The number of fused-ring (bicyclic) bond motifs is 1. The molecular weight excluding hydrogens is 250 g/mol. The molecule has 2 aliphatic rings. The van der Waals surface area contributed by atoms with Crippen molar-refractivity contribution in [2.75, 3.05) is 24.5 Å². The molecule has 0 radical (unpaired) electrons. The molecule has 3 N–H and O–H groups in total. The molecule has 106 valence electrons. The summed E-state index contributed by atoms with van der Waals surface area (Å²) in [6.45, 7) is 3.31. The Morgan fingerprint density at radius 3 is 2.70 bits per heavy atom. The molecule has 4 rings (SSSR count). The van der Waals surface area contributed by atoms with Crippen LogP contribution in [-0.2, 0) is 0 Å². The standard InChI is InChI=1S/C15H21N5/c1-2-4-14-13(3-1)17-15(18-14)20-9-6-11(7-10-20)12-5-8-16-19-12/h1-4,11-12,16,19H,5-10H2,(H,17,18). The summed E-state index contributed by atoms with van der Waals surface area (Å²) in [6, 6.07) is 8.91. The Bertz CT molecular complexity index is 546. The Morgan fingerprint density at radius 2 is 1.95 bits per heavy atom. The maximum atomic E-state index is 4.70. The monoisotopic (exact) mass is 271 g/mol. The van der Waals surface area contributed by atoms with Crippen LogP contribution in [0.4, 0.5) is 5.95 Å². The van der Waals surface area contributed by atoms with E-state index in [4.69, 9.17) is 4.98 Å². The highest BCUT2D eigenvalue weighted by molar-refractivity contribution is 5.77. The van der Waals surface area contributed by atoms with Crippen LogP contribution < -0.4 is 15.8 Å². The Kier molecular flexibility index (Phi) is 3.09. The van der Waals surface area contributed by atoms with Crippen molar-refractivity contribution in [3.05, 3.63) is 24.3 Å². The lowest BCUT2D eigenvalue weighted by atomic mass is 9.89. The van der Waals surface area contributed by atoms with Crippen molar-refractivity contribution < 1.29 is 0 Å². The van der Waals surface area contributed by atoms with E-state index >= 15 is 0 Å². The van der Waals surface area contributed by atoms with E-state index in [2.05, 4.69) is 38.9 Å². The molecule has 2 saturated heterocycles. The molecule has 20 heavy (non-hydrogen) atoms. The number of aromatic nitrogens is 2. The van der Waals surface area contributed by atoms with Gasteiger partial charge in [0.25, 0.3) is 0 Å². The molecule has 2 aliphatic heterocycles. The Hall–Kier alpha value is -1.59. The summed E-state index contributed by atoms with van der Waals surface area (Å²) in [5.74, 6) is 1.83. The van der Waals surface area contributed by atoms with Crippen LogP contribution in [0.25, 0.3) is 11.0 Å². The second-order valence-electron chi connectivity index (χ2n) is 5.87. The van der Waals surface area contributed by atoms with Gasteiger partial charge in [0.05, 0.1) is 11.0 Å². The number of para-hydroxylation sites is 2. The number of nitrogens with zero attached hydrogens (tertiary/aromatic N) is 2. The number of benzene rings is 1. The summed E-state index contributed by atoms with van der Waals surface area (Å²) in [5.41, 5.74) is 8.85. The van der Waals surface area contributed by atoms with E-state index in [0.717, 1.165) is 42.5 Å². The second kappa shape index (κ2) is 5.07. The van der Waals surface area contributed by atoms with Crippen LogP contribution in [0.2, 0.25) is 0 Å². The first-order valence-corrected chi connectivity index (χ1v) is 7.58. The number of piperidine rings is 1. The Labute approximate surface area is 118 Å². The van der Waals surface area contributed by atoms with Gasteiger partial charge in [-0.25, -0.2) is 4.98 Å². The fourth-order valence-corrected chi connectivity index (χ4v) is 3.46. The third-order valence-corrected chi connectivity index (χ3v) is 4.65. The van der Waals surface area contributed by atoms with Gasteiger partial charge in [-0.3, -0.25) is 10.9 Å². The van der Waals surface area contributed by atoms with Crippen molar-refractivity contribution in [3.63, 3.8) is 0 Å². The summed E-state index contributed by atoms with van der Waals surface area (Å²) in [6.07, 6.45) is 3.75. The fraction of sp³-hybridized carbons (Fsp3) is 0.533. The number of hydrogen-bond acceptors (Lipinski definition) is 4. The number of nitrogens with one attached hydrogen (secondary N) is 3. The second-order valence-corrected chi connectivity index (χ2v) is 5.87. The molecule has 5 heteroatoms. The molecule has 1 aromatic heterocycles. The van der Waals surface area contributed by atoms with E-state index in [-0.39, 0.29) is 0 Å². The van der Waals surface area contributed by atoms with Gasteiger partial charge in [-0.05, 0) is 37.3 Å². The van der Waals surface area contributed by atoms with Crippen LogP contribution in [0.5, 0.6) is 0 Å². The molecule has 0 spiro atoms. The molecule has 2 aromatic rings. The third-order valence-electron chi connectivity index (χ3n) is 4.65. The van der Waals surface area contributed by atoms with Crippen LogP contribution >= 0.6 is 0 Å². The molecule has 0 aliphatic carbocycles. The van der Waals surface area contributed by atoms with E-state index in [1.807, 2.05) is 6.07 Å². The lowest BCUT2D eigenvalue weighted by Gasteiger charge is -2.34. The zero-order valence-corrected chi connectivity index (χ0v) is 11.6. The quantitative estimate of drug-likeness (QED) is 0.777. The fourth-order valence-electron chi connectivity index (χ4n) is 3.46. The van der Waals surface area contributed by atoms with Crippen molar-refractivity contribution >= 4 is 17.0 Å². The van der Waals surface area contributed by atoms with Gasteiger partial charge >= 0.3 is 0 Å². The normalized spacial score (nSPS) is 24.6. The summed E-state index contributed by atoms with van der Waals surface area (Å²) < 4.78 is 0. The number of H-pyrrole nitrogens is 1. The van der Waals surface area contributed by atoms with E-state index in [0.29, 0.717) is 6.04 Å². The summed E-state index contributed by atoms with van der Waals surface area (Å²) in [4.78, 5) is 10.5. The molecular formula is C15H21N5. The van der Waals surface area contributed by atoms with Crippen LogP contribution in [0.3, 0.4) is 0 Å². The summed E-state index contributed by atoms with van der Waals surface area (Å²) >= 11 is 0. The highest BCUT2D eigenvalue weighted by Crippen LogP contribution is 2.26. The zero-order valence-electron chi connectivity index (χ0n) is 11.6. The van der Waals surface area contributed by atoms with Gasteiger partial charge in [-0.15, -0.1) is 0 Å². The number of hydrogen-bond donors (Lipinski definition) is 3. The first-order chi connectivity index (χ1) is 9.90. The van der Waals surface area contributed by atoms with E-state index < -0.39 is 0 Å². The lowest BCUT2D eigenvalue weighted by molar-refractivity contribution is 0.310. The number of imidazole rings is 1. The van der Waals surface area contributed by atoms with Crippen molar-refractivity contribution in [1.82, 2.24) is 20.8 Å². The van der Waals surface area contributed by atoms with E-state index in [1.165, 1.54) is 19.3 Å². The molecule has 2 fully saturated rings. The first-order valence-electron chi connectivity index (χ1n) is 7.58. The minimum atomic E-state index is 0.660. The van der Waals surface area contributed by atoms with Crippen LogP contribution in [-0.4, -0.2) is 35.6 Å². The number of hydrazine groups is 1. The highest BCUT2D eigenvalue weighted by atomic mass is 15.4. The summed E-state index contributed by atoms with van der Waals surface area (Å²) in [7, 11) is 0. The maximum absolute atomic E-state index is 4.70. The highest BCUT2D eigenvalue weighted by Gasteiger charge is 2.29. The average Bonchev–Trinajstić information content (AvgIpc) is 3.17. The average molecular weight is 271 g/mol. The third kappa shape index (κ3) is 2.17. The largest absolute Gasteiger partial charge is 0.342 e. The molecule has 5 nitrogen and oxygen atoms in total. The van der Waals surface area contributed by atoms with Crippen LogP contribution in [0.1, 0.15) is 19.3 Å². The topological polar surface area (TPSA) is 56.0 Å². The van der Waals surface area contributed by atoms with Gasteiger partial charge in [0.1, 0.15) is 0 Å². The molecule has 3 heterocycles. The van der Waals surface area contributed by atoms with Gasteiger partial charge < -0.3 is 9.88 Å². The number of anilines is 1. The van der Waals surface area contributed by atoms with E-state index in [1.54, 1.807) is 0 Å². The molecule has 0 amide bonds. The van der Waals surface area contributed by atoms with Gasteiger partial charge in [-0.2, -0.15) is 0 Å². The van der Waals surface area contributed by atoms with Gasteiger partial charge in [0.15, 0.2) is 0 Å². The van der Waals surface area contributed by atoms with Crippen molar-refractivity contribution in [1.29, 1.82) is 0 Å². The van der Waals surface area contributed by atoms with Crippen molar-refractivity contribution in [3.8, 4) is 0 Å². The summed E-state index contributed by atoms with van der Waals surface area (Å²) in [5, 5.41) is 0. The number of aromatic amines is 1. The minimum absolute atomic E-state index is 0.660. The van der Waals surface area contributed by atoms with Crippen LogP contribution in [0, 0.1) is 5.92 Å². The Morgan fingerprint density at radius 1 is 1.10 bits per heavy atom. The van der Waals surface area contributed by atoms with Crippen molar-refractivity contribution in [2.24, 2.45) is 5.92 Å². The molecule has 1 unspecified atom stereocenters. The smallest absolute Gasteiger partial charge is 0.203 e. The number of rotatable bonds is 2. The molecule has 1 atom stereocenters. The maximum Gasteiger partial charge on any atom is 0.203 e.